The summed E-state index contributed by atoms with van der Waals surface area (Å²) in [6.07, 6.45) is 3.64. The van der Waals surface area contributed by atoms with Gasteiger partial charge in [0.25, 0.3) is 0 Å². The van der Waals surface area contributed by atoms with Gasteiger partial charge >= 0.3 is 17.1 Å². The monoisotopic (exact) mass is 614 g/mol. The van der Waals surface area contributed by atoms with E-state index >= 15 is 0 Å². The summed E-state index contributed by atoms with van der Waals surface area (Å²) in [5.74, 6) is -0.0348. The molecule has 0 saturated heterocycles. The smallest absolute Gasteiger partial charge is 0.312 e. The number of ether oxygens (including phenoxy) is 2. The summed E-state index contributed by atoms with van der Waals surface area (Å²) in [6.45, 7) is 18.4. The standard InChI is InChI=1S/C28H48F2O5Si4/c1-36(2,23-15-13-21-31-27-19-11-9-17-25(27)29)33-38(5,6)35-39(7,8)34-37(3,4)24-16-14-22-32-28-20-12-10-18-26(28)30/h9-12,17-20H,13-16,21-24H2,1-8H3. The van der Waals surface area contributed by atoms with E-state index in [0.29, 0.717) is 24.7 Å². The van der Waals surface area contributed by atoms with Crippen LogP contribution in [-0.4, -0.2) is 47.0 Å². The Morgan fingerprint density at radius 3 is 1.23 bits per heavy atom. The minimum Gasteiger partial charge on any atom is -0.491 e. The third-order valence-electron chi connectivity index (χ3n) is 6.07. The van der Waals surface area contributed by atoms with E-state index in [2.05, 4.69) is 52.4 Å². The van der Waals surface area contributed by atoms with Crippen molar-refractivity contribution in [2.75, 3.05) is 13.2 Å². The highest BCUT2D eigenvalue weighted by molar-refractivity contribution is 6.89. The van der Waals surface area contributed by atoms with Crippen molar-refractivity contribution in [3.63, 3.8) is 0 Å². The fraction of sp³-hybridized carbons (Fsp3) is 0.571. The first-order chi connectivity index (χ1) is 18.1. The van der Waals surface area contributed by atoms with Crippen molar-refractivity contribution in [1.82, 2.24) is 0 Å². The lowest BCUT2D eigenvalue weighted by Gasteiger charge is -2.41. The maximum atomic E-state index is 13.7. The highest BCUT2D eigenvalue weighted by Crippen LogP contribution is 2.28. The van der Waals surface area contributed by atoms with Gasteiger partial charge in [0, 0.05) is 0 Å². The highest BCUT2D eigenvalue weighted by atomic mass is 28.5. The first kappa shape index (κ1) is 33.9. The first-order valence-corrected chi connectivity index (χ1v) is 25.8. The molecule has 0 aliphatic heterocycles. The lowest BCUT2D eigenvalue weighted by atomic mass is 10.3. The molecule has 2 aromatic rings. The summed E-state index contributed by atoms with van der Waals surface area (Å²) in [6, 6.07) is 15.0. The van der Waals surface area contributed by atoms with Crippen LogP contribution in [0.15, 0.2) is 48.5 Å². The van der Waals surface area contributed by atoms with Gasteiger partial charge in [-0.1, -0.05) is 37.1 Å². The normalized spacial score (nSPS) is 13.0. The Labute approximate surface area is 238 Å². The van der Waals surface area contributed by atoms with E-state index in [1.165, 1.54) is 12.1 Å². The van der Waals surface area contributed by atoms with Crippen LogP contribution >= 0.6 is 0 Å². The van der Waals surface area contributed by atoms with Gasteiger partial charge in [-0.3, -0.25) is 0 Å². The minimum absolute atomic E-state index is 0.307. The molecule has 2 aromatic carbocycles. The summed E-state index contributed by atoms with van der Waals surface area (Å²) in [5, 5.41) is 0. The van der Waals surface area contributed by atoms with Gasteiger partial charge in [-0.25, -0.2) is 8.78 Å². The van der Waals surface area contributed by atoms with Crippen LogP contribution in [0, 0.1) is 11.6 Å². The summed E-state index contributed by atoms with van der Waals surface area (Å²) < 4.78 is 58.7. The molecule has 220 valence electrons. The van der Waals surface area contributed by atoms with Crippen LogP contribution in [0.5, 0.6) is 11.5 Å². The second-order valence-corrected chi connectivity index (χ2v) is 28.2. The van der Waals surface area contributed by atoms with Crippen molar-refractivity contribution < 1.29 is 30.6 Å². The van der Waals surface area contributed by atoms with Crippen molar-refractivity contribution >= 4 is 33.8 Å². The Hall–Kier alpha value is -1.35. The Balaban J connectivity index is 1.72. The van der Waals surface area contributed by atoms with Gasteiger partial charge in [-0.2, -0.15) is 0 Å². The second-order valence-electron chi connectivity index (χ2n) is 12.1. The van der Waals surface area contributed by atoms with E-state index in [-0.39, 0.29) is 11.6 Å². The zero-order valence-corrected chi connectivity index (χ0v) is 29.1. The molecule has 0 aliphatic carbocycles. The molecule has 0 saturated carbocycles. The number of hydrogen-bond acceptors (Lipinski definition) is 5. The van der Waals surface area contributed by atoms with E-state index in [1.807, 2.05) is 0 Å². The van der Waals surface area contributed by atoms with Gasteiger partial charge in [-0.15, -0.1) is 0 Å². The average Bonchev–Trinajstić information content (AvgIpc) is 2.78. The van der Waals surface area contributed by atoms with Gasteiger partial charge in [-0.05, 0) is 102 Å². The molecule has 0 heterocycles. The molecule has 5 nitrogen and oxygen atoms in total. The number of benzene rings is 2. The molecule has 0 atom stereocenters. The third-order valence-corrected chi connectivity index (χ3v) is 21.5. The van der Waals surface area contributed by atoms with Gasteiger partial charge < -0.3 is 21.8 Å². The topological polar surface area (TPSA) is 46.2 Å². The van der Waals surface area contributed by atoms with E-state index in [9.17, 15) is 8.78 Å². The van der Waals surface area contributed by atoms with Gasteiger partial charge in [0.05, 0.1) is 13.2 Å². The molecule has 0 spiro atoms. The zero-order chi connectivity index (χ0) is 29.2. The average molecular weight is 615 g/mol. The first-order valence-electron chi connectivity index (χ1n) is 14.0. The van der Waals surface area contributed by atoms with E-state index in [0.717, 1.165) is 37.8 Å². The van der Waals surface area contributed by atoms with E-state index in [4.69, 9.17) is 21.8 Å². The van der Waals surface area contributed by atoms with Crippen molar-refractivity contribution in [1.29, 1.82) is 0 Å². The molecule has 0 unspecified atom stereocenters. The Morgan fingerprint density at radius 1 is 0.513 bits per heavy atom. The maximum absolute atomic E-state index is 13.7. The summed E-state index contributed by atoms with van der Waals surface area (Å²) in [4.78, 5) is 0. The molecule has 0 N–H and O–H groups in total. The molecule has 0 fully saturated rings. The number of unbranched alkanes of at least 4 members (excludes halogenated alkanes) is 2. The van der Waals surface area contributed by atoms with Crippen LogP contribution in [-0.2, 0) is 12.3 Å². The Bertz CT molecular complexity index is 941. The Morgan fingerprint density at radius 2 is 0.872 bits per heavy atom. The molecular formula is C28H48F2O5Si4. The molecule has 2 rings (SSSR count). The van der Waals surface area contributed by atoms with Crippen LogP contribution in [0.1, 0.15) is 25.7 Å². The number of rotatable bonds is 18. The quantitative estimate of drug-likeness (QED) is 0.124. The molecule has 11 heteroatoms. The molecule has 0 radical (unpaired) electrons. The van der Waals surface area contributed by atoms with Gasteiger partial charge in [0.1, 0.15) is 0 Å². The lowest BCUT2D eigenvalue weighted by molar-refractivity contribution is 0.292. The van der Waals surface area contributed by atoms with Gasteiger partial charge in [0.2, 0.25) is 0 Å². The number of hydrogen-bond donors (Lipinski definition) is 0. The molecule has 39 heavy (non-hydrogen) atoms. The van der Waals surface area contributed by atoms with Crippen LogP contribution in [0.4, 0.5) is 8.78 Å². The summed E-state index contributed by atoms with van der Waals surface area (Å²) in [7, 11) is -8.72. The molecule has 0 amide bonds. The van der Waals surface area contributed by atoms with Crippen molar-refractivity contribution in [2.24, 2.45) is 0 Å². The van der Waals surface area contributed by atoms with Crippen LogP contribution in [0.2, 0.25) is 64.5 Å². The van der Waals surface area contributed by atoms with Gasteiger partial charge in [0.15, 0.2) is 39.8 Å². The van der Waals surface area contributed by atoms with Crippen molar-refractivity contribution in [2.45, 2.75) is 90.1 Å². The van der Waals surface area contributed by atoms with Crippen molar-refractivity contribution in [3.05, 3.63) is 60.2 Å². The fourth-order valence-electron chi connectivity index (χ4n) is 4.86. The van der Waals surface area contributed by atoms with E-state index in [1.54, 1.807) is 36.4 Å². The SMILES string of the molecule is C[Si](C)(CCCCOc1ccccc1F)O[Si](C)(C)O[Si](C)(C)O[Si](C)(C)CCCCOc1ccccc1F. The lowest BCUT2D eigenvalue weighted by Crippen LogP contribution is -2.56. The highest BCUT2D eigenvalue weighted by Gasteiger charge is 2.43. The Kier molecular flexibility index (Phi) is 13.1. The van der Waals surface area contributed by atoms with Crippen LogP contribution in [0.25, 0.3) is 0 Å². The number of para-hydroxylation sites is 2. The largest absolute Gasteiger partial charge is 0.491 e. The van der Waals surface area contributed by atoms with Crippen molar-refractivity contribution in [3.8, 4) is 11.5 Å². The molecule has 0 aromatic heterocycles. The molecule has 0 bridgehead atoms. The predicted octanol–water partition coefficient (Wildman–Crippen LogP) is 8.85. The number of halogens is 2. The summed E-state index contributed by atoms with van der Waals surface area (Å²) in [5.41, 5.74) is 0. The maximum Gasteiger partial charge on any atom is 0.312 e. The zero-order valence-electron chi connectivity index (χ0n) is 25.1. The summed E-state index contributed by atoms with van der Waals surface area (Å²) >= 11 is 0. The van der Waals surface area contributed by atoms with E-state index < -0.39 is 33.8 Å². The second kappa shape index (κ2) is 15.0. The fourth-order valence-corrected chi connectivity index (χ4v) is 24.3. The third kappa shape index (κ3) is 13.7. The van der Waals surface area contributed by atoms with Crippen LogP contribution in [0.3, 0.4) is 0 Å². The molecule has 0 aliphatic rings. The minimum atomic E-state index is -2.40. The molecular weight excluding hydrogens is 567 g/mol. The van der Waals surface area contributed by atoms with Crippen LogP contribution < -0.4 is 9.47 Å². The predicted molar refractivity (Wildman–Crippen MR) is 165 cm³/mol.